The molecule has 0 aliphatic rings. The second-order valence-corrected chi connectivity index (χ2v) is 7.46. The van der Waals surface area contributed by atoms with Crippen molar-refractivity contribution in [3.8, 4) is 0 Å². The molecule has 0 radical (unpaired) electrons. The summed E-state index contributed by atoms with van der Waals surface area (Å²) in [6, 6.07) is 14.8. The second-order valence-electron chi connectivity index (χ2n) is 5.00. The molecular formula is C16H16Cl2O3S. The first-order valence-corrected chi connectivity index (χ1v) is 9.26. The van der Waals surface area contributed by atoms with Crippen molar-refractivity contribution in [2.24, 2.45) is 0 Å². The lowest BCUT2D eigenvalue weighted by Crippen LogP contribution is -2.15. The Labute approximate surface area is 141 Å². The van der Waals surface area contributed by atoms with E-state index in [2.05, 4.69) is 0 Å². The molecule has 2 rings (SSSR count). The minimum Gasteiger partial charge on any atom is -0.270 e. The number of hydrogen-bond donors (Lipinski definition) is 0. The minimum atomic E-state index is -3.52. The molecule has 0 unspecified atom stereocenters. The molecule has 0 aliphatic heterocycles. The van der Waals surface area contributed by atoms with Gasteiger partial charge in [-0.3, -0.25) is 4.18 Å². The largest absolute Gasteiger partial charge is 0.270 e. The molecule has 0 amide bonds. The van der Waals surface area contributed by atoms with Gasteiger partial charge in [-0.05, 0) is 29.7 Å². The number of rotatable bonds is 6. The first-order valence-electron chi connectivity index (χ1n) is 6.69. The first-order chi connectivity index (χ1) is 10.4. The van der Waals surface area contributed by atoms with Gasteiger partial charge < -0.3 is 0 Å². The zero-order chi connectivity index (χ0) is 16.2. The molecule has 1 atom stereocenters. The predicted molar refractivity (Wildman–Crippen MR) is 90.1 cm³/mol. The van der Waals surface area contributed by atoms with E-state index >= 15 is 0 Å². The Kier molecular flexibility index (Phi) is 5.87. The Morgan fingerprint density at radius 1 is 1.00 bits per heavy atom. The molecule has 22 heavy (non-hydrogen) atoms. The van der Waals surface area contributed by atoms with E-state index in [1.807, 2.05) is 36.4 Å². The van der Waals surface area contributed by atoms with Gasteiger partial charge in [0.15, 0.2) is 0 Å². The summed E-state index contributed by atoms with van der Waals surface area (Å²) in [7, 11) is -3.52. The van der Waals surface area contributed by atoms with E-state index in [1.165, 1.54) is 0 Å². The van der Waals surface area contributed by atoms with Gasteiger partial charge >= 0.3 is 0 Å². The summed E-state index contributed by atoms with van der Waals surface area (Å²) < 4.78 is 27.6. The summed E-state index contributed by atoms with van der Waals surface area (Å²) in [6.45, 7) is 0.0216. The molecule has 3 nitrogen and oxygen atoms in total. The maximum atomic E-state index is 11.3. The Bertz CT molecular complexity index is 745. The van der Waals surface area contributed by atoms with Gasteiger partial charge in [0.1, 0.15) is 0 Å². The van der Waals surface area contributed by atoms with Crippen LogP contribution in [-0.4, -0.2) is 21.3 Å². The van der Waals surface area contributed by atoms with Crippen molar-refractivity contribution in [2.75, 3.05) is 12.9 Å². The summed E-state index contributed by atoms with van der Waals surface area (Å²) in [5.41, 5.74) is 1.76. The summed E-state index contributed by atoms with van der Waals surface area (Å²) >= 11 is 12.4. The van der Waals surface area contributed by atoms with Crippen LogP contribution in [0.5, 0.6) is 0 Å². The van der Waals surface area contributed by atoms with Crippen LogP contribution in [0.1, 0.15) is 17.0 Å². The molecular weight excluding hydrogens is 343 g/mol. The van der Waals surface area contributed by atoms with Gasteiger partial charge in [0.25, 0.3) is 10.1 Å². The van der Waals surface area contributed by atoms with Crippen molar-refractivity contribution < 1.29 is 12.6 Å². The maximum absolute atomic E-state index is 11.3. The van der Waals surface area contributed by atoms with Gasteiger partial charge in [0.2, 0.25) is 0 Å². The van der Waals surface area contributed by atoms with E-state index in [0.29, 0.717) is 16.5 Å². The Morgan fingerprint density at radius 2 is 1.59 bits per heavy atom. The molecule has 0 fully saturated rings. The van der Waals surface area contributed by atoms with Gasteiger partial charge in [0, 0.05) is 16.0 Å². The van der Waals surface area contributed by atoms with Crippen LogP contribution in [0.4, 0.5) is 0 Å². The van der Waals surface area contributed by atoms with E-state index in [9.17, 15) is 8.42 Å². The standard InChI is InChI=1S/C16H16Cl2O3S/c1-22(19,20)21-11-13(14-7-3-5-9-16(14)18)10-12-6-2-4-8-15(12)17/h2-9,13H,10-11H2,1H3/t13-/m1/s1. The number of halogens is 2. The third kappa shape index (κ3) is 4.99. The lowest BCUT2D eigenvalue weighted by atomic mass is 9.92. The molecule has 2 aromatic carbocycles. The van der Waals surface area contributed by atoms with Crippen LogP contribution < -0.4 is 0 Å². The smallest absolute Gasteiger partial charge is 0.264 e. The highest BCUT2D eigenvalue weighted by molar-refractivity contribution is 7.85. The minimum absolute atomic E-state index is 0.0216. The van der Waals surface area contributed by atoms with Crippen LogP contribution in [0.15, 0.2) is 48.5 Å². The highest BCUT2D eigenvalue weighted by Crippen LogP contribution is 2.30. The van der Waals surface area contributed by atoms with Gasteiger partial charge in [-0.15, -0.1) is 0 Å². The van der Waals surface area contributed by atoms with E-state index in [0.717, 1.165) is 17.4 Å². The highest BCUT2D eigenvalue weighted by Gasteiger charge is 2.19. The zero-order valence-corrected chi connectivity index (χ0v) is 14.3. The number of benzene rings is 2. The maximum Gasteiger partial charge on any atom is 0.264 e. The monoisotopic (exact) mass is 358 g/mol. The van der Waals surface area contributed by atoms with Crippen LogP contribution in [0.25, 0.3) is 0 Å². The Balaban J connectivity index is 2.29. The van der Waals surface area contributed by atoms with Crippen LogP contribution in [0.3, 0.4) is 0 Å². The fourth-order valence-corrected chi connectivity index (χ4v) is 3.11. The highest BCUT2D eigenvalue weighted by atomic mass is 35.5. The average molecular weight is 359 g/mol. The SMILES string of the molecule is CS(=O)(=O)OC[C@@H](Cc1ccccc1Cl)c1ccccc1Cl. The molecule has 0 spiro atoms. The van der Waals surface area contributed by atoms with Crippen molar-refractivity contribution in [3.05, 3.63) is 69.7 Å². The summed E-state index contributed by atoms with van der Waals surface area (Å²) in [5.74, 6) is -0.205. The Hall–Kier alpha value is -1.07. The van der Waals surface area contributed by atoms with Crippen LogP contribution >= 0.6 is 23.2 Å². The zero-order valence-electron chi connectivity index (χ0n) is 12.0. The second kappa shape index (κ2) is 7.47. The molecule has 0 heterocycles. The van der Waals surface area contributed by atoms with Crippen LogP contribution in [-0.2, 0) is 20.7 Å². The Morgan fingerprint density at radius 3 is 2.18 bits per heavy atom. The third-order valence-electron chi connectivity index (χ3n) is 3.25. The fraction of sp³-hybridized carbons (Fsp3) is 0.250. The topological polar surface area (TPSA) is 43.4 Å². The van der Waals surface area contributed by atoms with E-state index < -0.39 is 10.1 Å². The average Bonchev–Trinajstić information content (AvgIpc) is 2.45. The lowest BCUT2D eigenvalue weighted by molar-refractivity contribution is 0.293. The van der Waals surface area contributed by atoms with E-state index in [1.54, 1.807) is 12.1 Å². The van der Waals surface area contributed by atoms with Crippen molar-refractivity contribution in [1.82, 2.24) is 0 Å². The molecule has 0 saturated heterocycles. The van der Waals surface area contributed by atoms with Crippen molar-refractivity contribution in [1.29, 1.82) is 0 Å². The third-order valence-corrected chi connectivity index (χ3v) is 4.53. The normalized spacial score (nSPS) is 13.0. The summed E-state index contributed by atoms with van der Waals surface area (Å²) in [6.07, 6.45) is 1.57. The van der Waals surface area contributed by atoms with Gasteiger partial charge in [-0.25, -0.2) is 0 Å². The molecule has 0 bridgehead atoms. The molecule has 0 aromatic heterocycles. The van der Waals surface area contributed by atoms with Gasteiger partial charge in [0.05, 0.1) is 12.9 Å². The molecule has 2 aromatic rings. The quantitative estimate of drug-likeness (QED) is 0.723. The van der Waals surface area contributed by atoms with E-state index in [-0.39, 0.29) is 12.5 Å². The van der Waals surface area contributed by atoms with Crippen LogP contribution in [0, 0.1) is 0 Å². The molecule has 0 aliphatic carbocycles. The fourth-order valence-electron chi connectivity index (χ4n) is 2.20. The predicted octanol–water partition coefficient (Wildman–Crippen LogP) is 4.30. The number of hydrogen-bond acceptors (Lipinski definition) is 3. The van der Waals surface area contributed by atoms with Gasteiger partial charge in [-0.2, -0.15) is 8.42 Å². The van der Waals surface area contributed by atoms with Crippen molar-refractivity contribution in [2.45, 2.75) is 12.3 Å². The van der Waals surface area contributed by atoms with Crippen LogP contribution in [0.2, 0.25) is 10.0 Å². The lowest BCUT2D eigenvalue weighted by Gasteiger charge is -2.19. The molecule has 0 N–H and O–H groups in total. The molecule has 0 saturated carbocycles. The summed E-state index contributed by atoms with van der Waals surface area (Å²) in [4.78, 5) is 0. The molecule has 118 valence electrons. The summed E-state index contributed by atoms with van der Waals surface area (Å²) in [5, 5.41) is 1.22. The van der Waals surface area contributed by atoms with E-state index in [4.69, 9.17) is 27.4 Å². The van der Waals surface area contributed by atoms with Crippen molar-refractivity contribution in [3.63, 3.8) is 0 Å². The molecule has 6 heteroatoms. The first kappa shape index (κ1) is 17.3. The van der Waals surface area contributed by atoms with Crippen molar-refractivity contribution >= 4 is 33.3 Å². The van der Waals surface area contributed by atoms with Gasteiger partial charge in [-0.1, -0.05) is 59.6 Å².